The van der Waals surface area contributed by atoms with Gasteiger partial charge in [0, 0.05) is 11.3 Å². The number of esters is 1. The molecule has 2 rings (SSSR count). The van der Waals surface area contributed by atoms with Crippen LogP contribution in [0.2, 0.25) is 0 Å². The summed E-state index contributed by atoms with van der Waals surface area (Å²) in [4.78, 5) is 12.4. The number of furan rings is 1. The predicted molar refractivity (Wildman–Crippen MR) is 49.2 cm³/mol. The Morgan fingerprint density at radius 2 is 2.38 bits per heavy atom. The lowest BCUT2D eigenvalue weighted by Gasteiger charge is -1.95. The van der Waals surface area contributed by atoms with Gasteiger partial charge in [-0.15, -0.1) is 11.8 Å². The summed E-state index contributed by atoms with van der Waals surface area (Å²) in [7, 11) is 1.37. The van der Waals surface area contributed by atoms with E-state index in [9.17, 15) is 4.79 Å². The first-order valence-corrected chi connectivity index (χ1v) is 5.06. The molecular formula is C9H10O3S. The summed E-state index contributed by atoms with van der Waals surface area (Å²) in [6, 6.07) is 0. The number of rotatable bonds is 1. The normalized spacial score (nSPS) is 14.3. The number of hydrogen-bond acceptors (Lipinski definition) is 4. The fraction of sp³-hybridized carbons (Fsp3) is 0.444. The molecule has 0 N–H and O–H groups in total. The summed E-state index contributed by atoms with van der Waals surface area (Å²) in [5.74, 6) is 1.89. The number of ether oxygens (including phenoxy) is 1. The maximum atomic E-state index is 11.3. The average molecular weight is 198 g/mol. The van der Waals surface area contributed by atoms with E-state index in [0.717, 1.165) is 28.4 Å². The summed E-state index contributed by atoms with van der Waals surface area (Å²) >= 11 is 1.74. The number of thioether (sulfide) groups is 1. The fourth-order valence-corrected chi connectivity index (χ4v) is 2.63. The van der Waals surface area contributed by atoms with Crippen molar-refractivity contribution in [1.29, 1.82) is 0 Å². The molecule has 1 aliphatic heterocycles. The molecule has 1 aromatic heterocycles. The van der Waals surface area contributed by atoms with Gasteiger partial charge in [0.25, 0.3) is 0 Å². The highest BCUT2D eigenvalue weighted by Crippen LogP contribution is 2.38. The largest absolute Gasteiger partial charge is 0.463 e. The summed E-state index contributed by atoms with van der Waals surface area (Å²) in [5, 5.41) is 0. The summed E-state index contributed by atoms with van der Waals surface area (Å²) < 4.78 is 9.98. The molecule has 0 unspecified atom stereocenters. The molecule has 0 spiro atoms. The molecule has 0 saturated heterocycles. The molecular weight excluding hydrogens is 188 g/mol. The minimum atomic E-state index is -0.369. The van der Waals surface area contributed by atoms with Crippen LogP contribution in [0, 0.1) is 6.92 Å². The maximum Gasteiger partial charge on any atom is 0.374 e. The van der Waals surface area contributed by atoms with Crippen LogP contribution in [0.4, 0.5) is 0 Å². The molecule has 0 aromatic carbocycles. The highest BCUT2D eigenvalue weighted by atomic mass is 32.2. The van der Waals surface area contributed by atoms with Crippen molar-refractivity contribution < 1.29 is 13.9 Å². The van der Waals surface area contributed by atoms with E-state index in [4.69, 9.17) is 4.42 Å². The van der Waals surface area contributed by atoms with Gasteiger partial charge in [0.1, 0.15) is 5.76 Å². The zero-order valence-corrected chi connectivity index (χ0v) is 8.36. The first-order valence-electron chi connectivity index (χ1n) is 4.07. The topological polar surface area (TPSA) is 39.4 Å². The van der Waals surface area contributed by atoms with Crippen LogP contribution in [0.1, 0.15) is 21.9 Å². The lowest BCUT2D eigenvalue weighted by Crippen LogP contribution is -2.02. The second-order valence-corrected chi connectivity index (χ2v) is 3.99. The molecule has 70 valence electrons. The van der Waals surface area contributed by atoms with Gasteiger partial charge in [-0.05, 0) is 13.3 Å². The van der Waals surface area contributed by atoms with Gasteiger partial charge in [-0.2, -0.15) is 0 Å². The Balaban J connectivity index is 2.48. The molecule has 1 aliphatic rings. The number of methoxy groups -OCH3 is 1. The fourth-order valence-electron chi connectivity index (χ4n) is 1.51. The van der Waals surface area contributed by atoms with Crippen molar-refractivity contribution >= 4 is 17.7 Å². The Hall–Kier alpha value is -0.900. The van der Waals surface area contributed by atoms with E-state index in [1.807, 2.05) is 6.92 Å². The Kier molecular flexibility index (Phi) is 2.07. The molecule has 0 radical (unpaired) electrons. The Bertz CT molecular complexity index is 354. The first-order chi connectivity index (χ1) is 6.24. The van der Waals surface area contributed by atoms with E-state index in [-0.39, 0.29) is 5.97 Å². The number of fused-ring (bicyclic) bond motifs is 1. The van der Waals surface area contributed by atoms with Crippen molar-refractivity contribution in [2.75, 3.05) is 12.9 Å². The van der Waals surface area contributed by atoms with E-state index in [0.29, 0.717) is 5.76 Å². The first kappa shape index (κ1) is 8.69. The second-order valence-electron chi connectivity index (χ2n) is 2.89. The van der Waals surface area contributed by atoms with Crippen LogP contribution in [0.15, 0.2) is 9.31 Å². The van der Waals surface area contributed by atoms with Gasteiger partial charge in [-0.25, -0.2) is 4.79 Å². The smallest absolute Gasteiger partial charge is 0.374 e. The number of carbonyl (C=O) groups excluding carboxylic acids is 1. The molecule has 0 amide bonds. The van der Waals surface area contributed by atoms with Crippen molar-refractivity contribution in [2.24, 2.45) is 0 Å². The Labute approximate surface area is 80.4 Å². The number of hydrogen-bond donors (Lipinski definition) is 0. The molecule has 0 fully saturated rings. The van der Waals surface area contributed by atoms with Crippen LogP contribution in [-0.2, 0) is 11.2 Å². The SMILES string of the molecule is COC(=O)c1oc(C)c2c1CCS2. The molecule has 1 aromatic rings. The molecule has 0 saturated carbocycles. The minimum absolute atomic E-state index is 0.369. The van der Waals surface area contributed by atoms with Crippen LogP contribution in [0.3, 0.4) is 0 Å². The van der Waals surface area contributed by atoms with Gasteiger partial charge >= 0.3 is 5.97 Å². The van der Waals surface area contributed by atoms with E-state index in [1.54, 1.807) is 11.8 Å². The van der Waals surface area contributed by atoms with Crippen LogP contribution < -0.4 is 0 Å². The predicted octanol–water partition coefficient (Wildman–Crippen LogP) is 2.02. The van der Waals surface area contributed by atoms with Crippen molar-refractivity contribution in [2.45, 2.75) is 18.2 Å². The summed E-state index contributed by atoms with van der Waals surface area (Å²) in [5.41, 5.74) is 1.02. The third-order valence-electron chi connectivity index (χ3n) is 2.09. The van der Waals surface area contributed by atoms with E-state index in [2.05, 4.69) is 4.74 Å². The minimum Gasteiger partial charge on any atom is -0.463 e. The number of aryl methyl sites for hydroxylation is 1. The van der Waals surface area contributed by atoms with E-state index in [1.165, 1.54) is 7.11 Å². The zero-order valence-electron chi connectivity index (χ0n) is 7.55. The molecule has 13 heavy (non-hydrogen) atoms. The van der Waals surface area contributed by atoms with E-state index >= 15 is 0 Å². The molecule has 0 bridgehead atoms. The molecule has 4 heteroatoms. The lowest BCUT2D eigenvalue weighted by atomic mass is 10.2. The van der Waals surface area contributed by atoms with Crippen molar-refractivity contribution in [3.05, 3.63) is 17.1 Å². The summed E-state index contributed by atoms with van der Waals surface area (Å²) in [6.07, 6.45) is 0.905. The third kappa shape index (κ3) is 1.25. The highest BCUT2D eigenvalue weighted by molar-refractivity contribution is 7.99. The lowest BCUT2D eigenvalue weighted by molar-refractivity contribution is 0.0562. The number of carbonyl (C=O) groups is 1. The second kappa shape index (κ2) is 3.10. The van der Waals surface area contributed by atoms with E-state index < -0.39 is 0 Å². The van der Waals surface area contributed by atoms with Gasteiger partial charge in [-0.1, -0.05) is 0 Å². The standard InChI is InChI=1S/C9H10O3S/c1-5-8-6(3-4-13-8)7(12-5)9(10)11-2/h3-4H2,1-2H3. The Morgan fingerprint density at radius 1 is 1.62 bits per heavy atom. The van der Waals surface area contributed by atoms with Gasteiger partial charge in [0.15, 0.2) is 0 Å². The van der Waals surface area contributed by atoms with Gasteiger partial charge in [0.05, 0.1) is 12.0 Å². The molecule has 2 heterocycles. The average Bonchev–Trinajstić information content (AvgIpc) is 2.68. The van der Waals surface area contributed by atoms with Crippen LogP contribution in [0.25, 0.3) is 0 Å². The highest BCUT2D eigenvalue weighted by Gasteiger charge is 2.27. The summed E-state index contributed by atoms with van der Waals surface area (Å²) in [6.45, 7) is 1.88. The van der Waals surface area contributed by atoms with Crippen molar-refractivity contribution in [1.82, 2.24) is 0 Å². The maximum absolute atomic E-state index is 11.3. The zero-order chi connectivity index (χ0) is 9.42. The molecule has 0 aliphatic carbocycles. The Morgan fingerprint density at radius 3 is 3.08 bits per heavy atom. The van der Waals surface area contributed by atoms with Gasteiger partial charge in [0.2, 0.25) is 5.76 Å². The third-order valence-corrected chi connectivity index (χ3v) is 3.32. The van der Waals surface area contributed by atoms with Crippen molar-refractivity contribution in [3.63, 3.8) is 0 Å². The van der Waals surface area contributed by atoms with Gasteiger partial charge < -0.3 is 9.15 Å². The van der Waals surface area contributed by atoms with Gasteiger partial charge in [-0.3, -0.25) is 0 Å². The van der Waals surface area contributed by atoms with Crippen LogP contribution in [0.5, 0.6) is 0 Å². The molecule has 0 atom stereocenters. The van der Waals surface area contributed by atoms with Crippen molar-refractivity contribution in [3.8, 4) is 0 Å². The van der Waals surface area contributed by atoms with Crippen LogP contribution in [-0.4, -0.2) is 18.8 Å². The quantitative estimate of drug-likeness (QED) is 0.647. The van der Waals surface area contributed by atoms with Crippen LogP contribution >= 0.6 is 11.8 Å². The molecule has 3 nitrogen and oxygen atoms in total. The monoisotopic (exact) mass is 198 g/mol.